The largest absolute Gasteiger partial charge is 0.416 e. The molecule has 27 heavy (non-hydrogen) atoms. The molecular weight excluding hydrogens is 355 g/mol. The van der Waals surface area contributed by atoms with Crippen LogP contribution in [0.3, 0.4) is 0 Å². The maximum absolute atomic E-state index is 12.7. The molecule has 2 aromatic rings. The van der Waals surface area contributed by atoms with Crippen LogP contribution in [0.4, 0.5) is 13.2 Å². The number of aliphatic hydroxyl groups is 1. The monoisotopic (exact) mass is 379 g/mol. The minimum absolute atomic E-state index is 0.115. The lowest BCUT2D eigenvalue weighted by Gasteiger charge is -2.34. The molecular formula is C20H24F3N3O. The fraction of sp³-hybridized carbons (Fsp3) is 0.500. The zero-order valence-corrected chi connectivity index (χ0v) is 15.5. The summed E-state index contributed by atoms with van der Waals surface area (Å²) in [5.74, 6) is 0.115. The van der Waals surface area contributed by atoms with Crippen molar-refractivity contribution in [2.75, 3.05) is 19.6 Å². The second kappa shape index (κ2) is 7.94. The number of benzene rings is 1. The normalized spacial score (nSPS) is 19.9. The average molecular weight is 379 g/mol. The van der Waals surface area contributed by atoms with Crippen molar-refractivity contribution >= 4 is 0 Å². The van der Waals surface area contributed by atoms with Gasteiger partial charge in [-0.1, -0.05) is 19.1 Å². The van der Waals surface area contributed by atoms with Crippen LogP contribution in [0.1, 0.15) is 42.7 Å². The van der Waals surface area contributed by atoms with E-state index in [0.717, 1.165) is 50.2 Å². The number of likely N-dealkylation sites (tertiary alicyclic amines) is 1. The molecule has 1 N–H and O–H groups in total. The predicted octanol–water partition coefficient (Wildman–Crippen LogP) is 4.24. The molecule has 0 bridgehead atoms. The topological polar surface area (TPSA) is 49.2 Å². The molecule has 7 heteroatoms. The summed E-state index contributed by atoms with van der Waals surface area (Å²) in [6.07, 6.45) is -3.06. The molecule has 0 saturated carbocycles. The van der Waals surface area contributed by atoms with Crippen LogP contribution in [-0.4, -0.2) is 39.8 Å². The lowest BCUT2D eigenvalue weighted by Crippen LogP contribution is -2.37. The number of piperidine rings is 1. The predicted molar refractivity (Wildman–Crippen MR) is 97.0 cm³/mol. The third-order valence-electron chi connectivity index (χ3n) is 5.23. The summed E-state index contributed by atoms with van der Waals surface area (Å²) in [4.78, 5) is 2.31. The van der Waals surface area contributed by atoms with Crippen molar-refractivity contribution in [1.82, 2.24) is 15.1 Å². The molecule has 1 saturated heterocycles. The Labute approximate surface area is 157 Å². The Balaban J connectivity index is 1.79. The van der Waals surface area contributed by atoms with Crippen LogP contribution < -0.4 is 0 Å². The number of nitrogens with zero attached hydrogens (tertiary/aromatic N) is 3. The van der Waals surface area contributed by atoms with Gasteiger partial charge in [0.05, 0.1) is 17.0 Å². The molecule has 0 aliphatic carbocycles. The Kier molecular flexibility index (Phi) is 5.81. The molecule has 1 aliphatic heterocycles. The highest BCUT2D eigenvalue weighted by Crippen LogP contribution is 2.32. The molecule has 0 unspecified atom stereocenters. The molecule has 1 aromatic heterocycles. The van der Waals surface area contributed by atoms with Gasteiger partial charge >= 0.3 is 6.18 Å². The lowest BCUT2D eigenvalue weighted by atomic mass is 9.90. The molecule has 146 valence electrons. The number of aryl methyl sites for hydroxylation is 1. The highest BCUT2D eigenvalue weighted by atomic mass is 19.4. The van der Waals surface area contributed by atoms with Gasteiger partial charge in [0.2, 0.25) is 0 Å². The molecule has 2 atom stereocenters. The maximum Gasteiger partial charge on any atom is 0.416 e. The smallest absolute Gasteiger partial charge is 0.386 e. The van der Waals surface area contributed by atoms with Crippen molar-refractivity contribution in [3.63, 3.8) is 0 Å². The van der Waals surface area contributed by atoms with Crippen LogP contribution in [0.2, 0.25) is 0 Å². The van der Waals surface area contributed by atoms with E-state index in [-0.39, 0.29) is 5.92 Å². The number of hydrogen-bond donors (Lipinski definition) is 1. The zero-order chi connectivity index (χ0) is 19.6. The van der Waals surface area contributed by atoms with Crippen LogP contribution in [0.15, 0.2) is 30.3 Å². The van der Waals surface area contributed by atoms with E-state index in [1.165, 1.54) is 12.1 Å². The van der Waals surface area contributed by atoms with E-state index in [2.05, 4.69) is 22.0 Å². The highest BCUT2D eigenvalue weighted by Gasteiger charge is 2.30. The van der Waals surface area contributed by atoms with E-state index in [4.69, 9.17) is 0 Å². The molecule has 1 aliphatic rings. The standard InChI is InChI=1S/C20H24F3N3O/c1-3-26-10-4-5-15(12-26)19(27)17-11-13(2)18(25-24-17)14-6-8-16(9-7-14)20(21,22)23/h6-9,11,15,19,27H,3-5,10,12H2,1-2H3/t15-,19-/m1/s1. The molecule has 0 amide bonds. The summed E-state index contributed by atoms with van der Waals surface area (Å²) >= 11 is 0. The van der Waals surface area contributed by atoms with E-state index in [1.807, 2.05) is 6.92 Å². The summed E-state index contributed by atoms with van der Waals surface area (Å²) in [6.45, 7) is 6.78. The first kappa shape index (κ1) is 19.8. The van der Waals surface area contributed by atoms with E-state index in [0.29, 0.717) is 17.0 Å². The first-order valence-electron chi connectivity index (χ1n) is 9.22. The van der Waals surface area contributed by atoms with Gasteiger partial charge in [-0.2, -0.15) is 18.3 Å². The van der Waals surface area contributed by atoms with E-state index in [1.54, 1.807) is 6.07 Å². The number of aromatic nitrogens is 2. The van der Waals surface area contributed by atoms with E-state index in [9.17, 15) is 18.3 Å². The van der Waals surface area contributed by atoms with Gasteiger partial charge < -0.3 is 10.0 Å². The number of halogens is 3. The molecule has 4 nitrogen and oxygen atoms in total. The molecule has 1 aromatic carbocycles. The number of hydrogen-bond acceptors (Lipinski definition) is 4. The number of aliphatic hydroxyl groups excluding tert-OH is 1. The van der Waals surface area contributed by atoms with Crippen LogP contribution in [0.5, 0.6) is 0 Å². The number of alkyl halides is 3. The van der Waals surface area contributed by atoms with Crippen molar-refractivity contribution in [1.29, 1.82) is 0 Å². The second-order valence-electron chi connectivity index (χ2n) is 7.12. The Hall–Kier alpha value is -1.99. The third-order valence-corrected chi connectivity index (χ3v) is 5.23. The second-order valence-corrected chi connectivity index (χ2v) is 7.12. The molecule has 3 rings (SSSR count). The first-order valence-corrected chi connectivity index (χ1v) is 9.22. The van der Waals surface area contributed by atoms with Gasteiger partial charge in [-0.15, -0.1) is 5.10 Å². The van der Waals surface area contributed by atoms with Crippen LogP contribution >= 0.6 is 0 Å². The van der Waals surface area contributed by atoms with Gasteiger partial charge in [0, 0.05) is 18.0 Å². The molecule has 1 fully saturated rings. The van der Waals surface area contributed by atoms with Crippen LogP contribution in [0, 0.1) is 12.8 Å². The van der Waals surface area contributed by atoms with Crippen molar-refractivity contribution in [2.24, 2.45) is 5.92 Å². The molecule has 2 heterocycles. The molecule has 0 radical (unpaired) electrons. The van der Waals surface area contributed by atoms with Crippen molar-refractivity contribution in [3.8, 4) is 11.3 Å². The fourth-order valence-electron chi connectivity index (χ4n) is 3.63. The van der Waals surface area contributed by atoms with Crippen LogP contribution in [0.25, 0.3) is 11.3 Å². The summed E-state index contributed by atoms with van der Waals surface area (Å²) in [7, 11) is 0. The van der Waals surface area contributed by atoms with Gasteiger partial charge in [0.15, 0.2) is 0 Å². The summed E-state index contributed by atoms with van der Waals surface area (Å²) < 4.78 is 38.1. The summed E-state index contributed by atoms with van der Waals surface area (Å²) in [5, 5.41) is 19.1. The van der Waals surface area contributed by atoms with Gasteiger partial charge in [-0.05, 0) is 56.6 Å². The Morgan fingerprint density at radius 2 is 1.93 bits per heavy atom. The summed E-state index contributed by atoms with van der Waals surface area (Å²) in [5.41, 5.74) is 1.71. The van der Waals surface area contributed by atoms with E-state index < -0.39 is 17.8 Å². The quantitative estimate of drug-likeness (QED) is 0.863. The molecule has 0 spiro atoms. The fourth-order valence-corrected chi connectivity index (χ4v) is 3.63. The van der Waals surface area contributed by atoms with Gasteiger partial charge in [-0.3, -0.25) is 0 Å². The van der Waals surface area contributed by atoms with Gasteiger partial charge in [0.25, 0.3) is 0 Å². The van der Waals surface area contributed by atoms with Gasteiger partial charge in [-0.25, -0.2) is 0 Å². The maximum atomic E-state index is 12.7. The van der Waals surface area contributed by atoms with Crippen molar-refractivity contribution < 1.29 is 18.3 Å². The SMILES string of the molecule is CCN1CCC[C@@H]([C@@H](O)c2cc(C)c(-c3ccc(C(F)(F)F)cc3)nn2)C1. The van der Waals surface area contributed by atoms with Crippen LogP contribution in [-0.2, 0) is 6.18 Å². The Bertz CT molecular complexity index is 777. The third kappa shape index (κ3) is 4.47. The van der Waals surface area contributed by atoms with Crippen molar-refractivity contribution in [2.45, 2.75) is 39.0 Å². The number of rotatable bonds is 4. The zero-order valence-electron chi connectivity index (χ0n) is 15.5. The van der Waals surface area contributed by atoms with Gasteiger partial charge in [0.1, 0.15) is 6.10 Å². The minimum Gasteiger partial charge on any atom is -0.386 e. The highest BCUT2D eigenvalue weighted by molar-refractivity contribution is 5.62. The minimum atomic E-state index is -4.36. The van der Waals surface area contributed by atoms with Crippen molar-refractivity contribution in [3.05, 3.63) is 47.2 Å². The Morgan fingerprint density at radius 1 is 1.22 bits per heavy atom. The lowest BCUT2D eigenvalue weighted by molar-refractivity contribution is -0.137. The summed E-state index contributed by atoms with van der Waals surface area (Å²) in [6, 6.07) is 6.67. The average Bonchev–Trinajstić information content (AvgIpc) is 2.67. The first-order chi connectivity index (χ1) is 12.8. The van der Waals surface area contributed by atoms with E-state index >= 15 is 0 Å². The Morgan fingerprint density at radius 3 is 2.52 bits per heavy atom.